The first-order valence-corrected chi connectivity index (χ1v) is 12.8. The van der Waals surface area contributed by atoms with E-state index >= 15 is 0 Å². The first-order chi connectivity index (χ1) is 16.6. The third kappa shape index (κ3) is 4.38. The second-order valence-corrected chi connectivity index (χ2v) is 12.3. The number of hydrogen-bond donors (Lipinski definition) is 0. The highest BCUT2D eigenvalue weighted by Gasteiger charge is 2.43. The standard InChI is InChI=1S/C30H38N4O2/c1-17(2)33-23-15-19(29(5,6)7)11-13-21(23)25(27(33)35)26-22-14-12-20(31-32-30(8,9)10)16-24(22)34(18(3)4)28(26)36/h11-18H,1-10H3/b26-25+,32-31+. The summed E-state index contributed by atoms with van der Waals surface area (Å²) in [5.41, 5.74) is 5.66. The van der Waals surface area contributed by atoms with Crippen LogP contribution in [0, 0.1) is 0 Å². The van der Waals surface area contributed by atoms with Crippen LogP contribution < -0.4 is 9.80 Å². The number of carbonyl (C=O) groups excluding carboxylic acids is 2. The second kappa shape index (κ2) is 8.68. The van der Waals surface area contributed by atoms with Crippen molar-refractivity contribution < 1.29 is 9.59 Å². The fourth-order valence-corrected chi connectivity index (χ4v) is 4.81. The zero-order chi connectivity index (χ0) is 26.7. The molecule has 0 spiro atoms. The molecular weight excluding hydrogens is 448 g/mol. The van der Waals surface area contributed by atoms with Crippen LogP contribution in [0.4, 0.5) is 17.1 Å². The summed E-state index contributed by atoms with van der Waals surface area (Å²) in [5.74, 6) is -0.271. The molecule has 0 aliphatic carbocycles. The predicted octanol–water partition coefficient (Wildman–Crippen LogP) is 7.29. The zero-order valence-corrected chi connectivity index (χ0v) is 23.2. The monoisotopic (exact) mass is 486 g/mol. The maximum atomic E-state index is 13.9. The van der Waals surface area contributed by atoms with E-state index in [2.05, 4.69) is 43.1 Å². The van der Waals surface area contributed by atoms with Crippen LogP contribution in [0.3, 0.4) is 0 Å². The lowest BCUT2D eigenvalue weighted by Crippen LogP contribution is -2.35. The van der Waals surface area contributed by atoms with Crippen molar-refractivity contribution in [3.8, 4) is 0 Å². The number of carbonyl (C=O) groups is 2. The zero-order valence-electron chi connectivity index (χ0n) is 23.2. The summed E-state index contributed by atoms with van der Waals surface area (Å²) in [7, 11) is 0. The van der Waals surface area contributed by atoms with Gasteiger partial charge in [-0.1, -0.05) is 32.9 Å². The highest BCUT2D eigenvalue weighted by Crippen LogP contribution is 2.49. The minimum atomic E-state index is -0.300. The van der Waals surface area contributed by atoms with E-state index in [0.29, 0.717) is 16.8 Å². The van der Waals surface area contributed by atoms with E-state index in [1.807, 2.05) is 77.6 Å². The van der Waals surface area contributed by atoms with Crippen molar-refractivity contribution in [2.24, 2.45) is 10.2 Å². The Morgan fingerprint density at radius 2 is 1.17 bits per heavy atom. The molecule has 0 unspecified atom stereocenters. The summed E-state index contributed by atoms with van der Waals surface area (Å²) < 4.78 is 0. The summed E-state index contributed by atoms with van der Waals surface area (Å²) in [4.78, 5) is 31.4. The van der Waals surface area contributed by atoms with Gasteiger partial charge >= 0.3 is 0 Å². The SMILES string of the molecule is CC(C)N1C(=O)/C(=C2/C(=O)N(C(C)C)c3cc(C(C)(C)C)ccc32)c2ccc(/N=N/C(C)(C)C)cc21. The Hall–Kier alpha value is -3.28. The summed E-state index contributed by atoms with van der Waals surface area (Å²) in [6, 6.07) is 11.8. The van der Waals surface area contributed by atoms with Gasteiger partial charge in [0.25, 0.3) is 11.8 Å². The quantitative estimate of drug-likeness (QED) is 0.338. The minimum absolute atomic E-state index is 0.0399. The van der Waals surface area contributed by atoms with E-state index in [-0.39, 0.29) is 34.9 Å². The highest BCUT2D eigenvalue weighted by molar-refractivity contribution is 6.50. The molecule has 4 rings (SSSR count). The van der Waals surface area contributed by atoms with Crippen molar-refractivity contribution in [3.05, 3.63) is 53.1 Å². The summed E-state index contributed by atoms with van der Waals surface area (Å²) in [6.07, 6.45) is 0. The van der Waals surface area contributed by atoms with E-state index in [9.17, 15) is 9.59 Å². The molecule has 0 atom stereocenters. The third-order valence-electron chi connectivity index (χ3n) is 6.52. The average Bonchev–Trinajstić information content (AvgIpc) is 3.19. The Bertz CT molecular complexity index is 1300. The normalized spacial score (nSPS) is 18.3. The average molecular weight is 487 g/mol. The van der Waals surface area contributed by atoms with Gasteiger partial charge in [0.15, 0.2) is 0 Å². The van der Waals surface area contributed by atoms with Crippen molar-refractivity contribution in [3.63, 3.8) is 0 Å². The molecule has 2 aromatic carbocycles. The number of hydrogen-bond acceptors (Lipinski definition) is 4. The molecule has 0 bridgehead atoms. The first-order valence-electron chi connectivity index (χ1n) is 12.8. The summed E-state index contributed by atoms with van der Waals surface area (Å²) in [5, 5.41) is 8.80. The van der Waals surface area contributed by atoms with E-state index in [1.54, 1.807) is 4.90 Å². The van der Waals surface area contributed by atoms with Crippen LogP contribution in [-0.4, -0.2) is 29.4 Å². The van der Waals surface area contributed by atoms with E-state index in [4.69, 9.17) is 0 Å². The topological polar surface area (TPSA) is 65.3 Å². The van der Waals surface area contributed by atoms with Crippen molar-refractivity contribution in [1.82, 2.24) is 0 Å². The molecule has 190 valence electrons. The lowest BCUT2D eigenvalue weighted by atomic mass is 9.85. The van der Waals surface area contributed by atoms with Gasteiger partial charge < -0.3 is 9.80 Å². The molecule has 0 fully saturated rings. The van der Waals surface area contributed by atoms with Gasteiger partial charge in [0.1, 0.15) is 0 Å². The second-order valence-electron chi connectivity index (χ2n) is 12.3. The molecule has 36 heavy (non-hydrogen) atoms. The van der Waals surface area contributed by atoms with E-state index in [0.717, 1.165) is 28.1 Å². The molecule has 6 nitrogen and oxygen atoms in total. The summed E-state index contributed by atoms with van der Waals surface area (Å²) >= 11 is 0. The number of azo groups is 1. The molecule has 2 aliphatic heterocycles. The van der Waals surface area contributed by atoms with Crippen molar-refractivity contribution in [1.29, 1.82) is 0 Å². The number of benzene rings is 2. The smallest absolute Gasteiger partial charge is 0.260 e. The number of nitrogens with zero attached hydrogens (tertiary/aromatic N) is 4. The third-order valence-corrected chi connectivity index (χ3v) is 6.52. The number of amides is 2. The Kier molecular flexibility index (Phi) is 6.22. The Morgan fingerprint density at radius 1 is 0.694 bits per heavy atom. The number of fused-ring (bicyclic) bond motifs is 2. The van der Waals surface area contributed by atoms with Crippen LogP contribution in [0.2, 0.25) is 0 Å². The molecule has 0 aromatic heterocycles. The predicted molar refractivity (Wildman–Crippen MR) is 148 cm³/mol. The lowest BCUT2D eigenvalue weighted by molar-refractivity contribution is -0.115. The van der Waals surface area contributed by atoms with E-state index in [1.165, 1.54) is 0 Å². The maximum absolute atomic E-state index is 13.9. The van der Waals surface area contributed by atoms with E-state index < -0.39 is 0 Å². The molecule has 0 radical (unpaired) electrons. The van der Waals surface area contributed by atoms with Gasteiger partial charge in [-0.05, 0) is 83.7 Å². The molecule has 0 saturated heterocycles. The lowest BCUT2D eigenvalue weighted by Gasteiger charge is -2.25. The van der Waals surface area contributed by atoms with Gasteiger partial charge in [-0.25, -0.2) is 0 Å². The largest absolute Gasteiger partial charge is 0.305 e. The molecule has 6 heteroatoms. The highest BCUT2D eigenvalue weighted by atomic mass is 16.2. The van der Waals surface area contributed by atoms with Gasteiger partial charge in [0, 0.05) is 23.2 Å². The Morgan fingerprint density at radius 3 is 1.61 bits per heavy atom. The molecule has 0 saturated carbocycles. The van der Waals surface area contributed by atoms with Crippen LogP contribution in [-0.2, 0) is 15.0 Å². The van der Waals surface area contributed by atoms with Crippen LogP contribution in [0.1, 0.15) is 85.9 Å². The van der Waals surface area contributed by atoms with Crippen LogP contribution in [0.5, 0.6) is 0 Å². The molecule has 2 heterocycles. The van der Waals surface area contributed by atoms with Crippen molar-refractivity contribution in [2.75, 3.05) is 9.80 Å². The van der Waals surface area contributed by atoms with Crippen LogP contribution >= 0.6 is 0 Å². The molecule has 0 N–H and O–H groups in total. The first kappa shape index (κ1) is 25.8. The molecule has 2 aliphatic rings. The Labute approximate surface area is 215 Å². The minimum Gasteiger partial charge on any atom is -0.305 e. The van der Waals surface area contributed by atoms with Crippen LogP contribution in [0.15, 0.2) is 46.6 Å². The molecular formula is C30H38N4O2. The van der Waals surface area contributed by atoms with Crippen LogP contribution in [0.25, 0.3) is 11.1 Å². The van der Waals surface area contributed by atoms with Gasteiger partial charge in [0.05, 0.1) is 33.7 Å². The van der Waals surface area contributed by atoms with Gasteiger partial charge in [-0.3, -0.25) is 9.59 Å². The number of anilines is 2. The maximum Gasteiger partial charge on any atom is 0.260 e. The fourth-order valence-electron chi connectivity index (χ4n) is 4.81. The van der Waals surface area contributed by atoms with Crippen molar-refractivity contribution >= 4 is 40.0 Å². The van der Waals surface area contributed by atoms with Gasteiger partial charge in [-0.2, -0.15) is 10.2 Å². The number of rotatable bonds is 3. The van der Waals surface area contributed by atoms with Gasteiger partial charge in [0.2, 0.25) is 0 Å². The molecule has 2 aromatic rings. The summed E-state index contributed by atoms with van der Waals surface area (Å²) in [6.45, 7) is 20.5. The Balaban J connectivity index is 1.97. The van der Waals surface area contributed by atoms with Gasteiger partial charge in [-0.15, -0.1) is 0 Å². The van der Waals surface area contributed by atoms with Crippen molar-refractivity contribution in [2.45, 2.75) is 92.3 Å². The molecule has 2 amide bonds. The fraction of sp³-hybridized carbons (Fsp3) is 0.467.